The van der Waals surface area contributed by atoms with Gasteiger partial charge < -0.3 is 10.6 Å². The first-order valence-corrected chi connectivity index (χ1v) is 11.2. The second-order valence-electron chi connectivity index (χ2n) is 7.88. The van der Waals surface area contributed by atoms with Crippen LogP contribution in [0, 0.1) is 0 Å². The van der Waals surface area contributed by atoms with Crippen LogP contribution in [0.3, 0.4) is 0 Å². The molecule has 1 atom stereocenters. The maximum Gasteiger partial charge on any atom is 0.249 e. The van der Waals surface area contributed by atoms with Crippen LogP contribution in [-0.4, -0.2) is 27.6 Å². The Kier molecular flexibility index (Phi) is 6.49. The number of halogens is 2. The Balaban J connectivity index is 1.82. The molecule has 1 heterocycles. The van der Waals surface area contributed by atoms with E-state index in [1.54, 1.807) is 22.9 Å². The number of nitrogens with zero attached hydrogens (tertiary/aromatic N) is 2. The summed E-state index contributed by atoms with van der Waals surface area (Å²) in [5.41, 5.74) is 1.83. The molecule has 2 N–H and O–H groups in total. The van der Waals surface area contributed by atoms with Crippen LogP contribution in [0.4, 0.5) is 5.69 Å². The first kappa shape index (κ1) is 21.7. The summed E-state index contributed by atoms with van der Waals surface area (Å²) < 4.78 is 1.60. The topological polar surface area (TPSA) is 76.0 Å². The zero-order valence-corrected chi connectivity index (χ0v) is 18.7. The molecule has 1 unspecified atom stereocenters. The molecule has 1 aromatic heterocycles. The van der Waals surface area contributed by atoms with E-state index in [9.17, 15) is 9.59 Å². The van der Waals surface area contributed by atoms with E-state index < -0.39 is 6.04 Å². The van der Waals surface area contributed by atoms with Gasteiger partial charge in [-0.25, -0.2) is 4.68 Å². The lowest BCUT2D eigenvalue weighted by atomic mass is 9.95. The molecule has 162 valence electrons. The maximum absolute atomic E-state index is 13.5. The molecule has 0 radical (unpaired) electrons. The number of rotatable bonds is 5. The van der Waals surface area contributed by atoms with Gasteiger partial charge >= 0.3 is 0 Å². The van der Waals surface area contributed by atoms with E-state index in [-0.39, 0.29) is 23.0 Å². The third-order valence-corrected chi connectivity index (χ3v) is 6.25. The van der Waals surface area contributed by atoms with Crippen molar-refractivity contribution >= 4 is 51.6 Å². The van der Waals surface area contributed by atoms with E-state index in [1.807, 2.05) is 24.3 Å². The lowest BCUT2D eigenvalue weighted by Gasteiger charge is -2.26. The molecule has 2 aromatic carbocycles. The van der Waals surface area contributed by atoms with E-state index in [0.29, 0.717) is 27.2 Å². The van der Waals surface area contributed by atoms with Gasteiger partial charge in [0.05, 0.1) is 16.6 Å². The predicted octanol–water partition coefficient (Wildman–Crippen LogP) is 5.34. The average molecular weight is 459 g/mol. The molecule has 0 bridgehead atoms. The molecule has 1 aliphatic rings. The highest BCUT2D eigenvalue weighted by molar-refractivity contribution is 6.35. The number of amides is 2. The van der Waals surface area contributed by atoms with Crippen LogP contribution in [0.2, 0.25) is 10.2 Å². The third kappa shape index (κ3) is 4.55. The summed E-state index contributed by atoms with van der Waals surface area (Å²) in [6.07, 6.45) is 5.35. The quantitative estimate of drug-likeness (QED) is 0.541. The molecule has 1 aliphatic carbocycles. The zero-order valence-electron chi connectivity index (χ0n) is 17.2. The first-order valence-electron chi connectivity index (χ1n) is 10.4. The molecule has 0 saturated heterocycles. The fourth-order valence-corrected chi connectivity index (χ4v) is 4.76. The predicted molar refractivity (Wildman–Crippen MR) is 124 cm³/mol. The van der Waals surface area contributed by atoms with Crippen LogP contribution in [-0.2, 0) is 9.59 Å². The number of nitrogens with one attached hydrogen (secondary N) is 2. The van der Waals surface area contributed by atoms with Crippen molar-refractivity contribution in [1.82, 2.24) is 15.1 Å². The molecule has 31 heavy (non-hydrogen) atoms. The lowest BCUT2D eigenvalue weighted by molar-refractivity contribution is -0.124. The number of carbonyl (C=O) groups is 2. The summed E-state index contributed by atoms with van der Waals surface area (Å²) in [4.78, 5) is 25.2. The van der Waals surface area contributed by atoms with Crippen molar-refractivity contribution in [3.8, 4) is 0 Å². The molecule has 0 spiro atoms. The number of anilines is 1. The Bertz CT molecular complexity index is 1120. The Labute approximate surface area is 190 Å². The zero-order chi connectivity index (χ0) is 22.0. The van der Waals surface area contributed by atoms with Gasteiger partial charge in [0.2, 0.25) is 11.8 Å². The molecule has 4 rings (SSSR count). The number of benzene rings is 2. The number of hydrogen-bond donors (Lipinski definition) is 2. The molecule has 2 amide bonds. The first-order chi connectivity index (χ1) is 15.0. The summed E-state index contributed by atoms with van der Waals surface area (Å²) in [5.74, 6) is -0.389. The van der Waals surface area contributed by atoms with Crippen molar-refractivity contribution < 1.29 is 9.59 Å². The Morgan fingerprint density at radius 3 is 2.52 bits per heavy atom. The van der Waals surface area contributed by atoms with Crippen LogP contribution in [0.1, 0.15) is 50.6 Å². The van der Waals surface area contributed by atoms with Crippen LogP contribution < -0.4 is 10.6 Å². The van der Waals surface area contributed by atoms with Crippen molar-refractivity contribution in [1.29, 1.82) is 0 Å². The maximum atomic E-state index is 13.5. The van der Waals surface area contributed by atoms with Crippen LogP contribution in [0.5, 0.6) is 0 Å². The van der Waals surface area contributed by atoms with E-state index >= 15 is 0 Å². The highest BCUT2D eigenvalue weighted by atomic mass is 35.5. The molecular formula is C23H24Cl2N4O2. The highest BCUT2D eigenvalue weighted by Gasteiger charge is 2.30. The summed E-state index contributed by atoms with van der Waals surface area (Å²) in [6.45, 7) is 1.43. The summed E-state index contributed by atoms with van der Waals surface area (Å²) in [5, 5.41) is 11.7. The molecule has 8 heteroatoms. The molecule has 3 aromatic rings. The van der Waals surface area contributed by atoms with Crippen molar-refractivity contribution in [3.63, 3.8) is 0 Å². The second-order valence-corrected chi connectivity index (χ2v) is 8.65. The van der Waals surface area contributed by atoms with Crippen LogP contribution >= 0.6 is 23.2 Å². The number of fused-ring (bicyclic) bond motifs is 1. The van der Waals surface area contributed by atoms with Gasteiger partial charge in [0.25, 0.3) is 0 Å². The molecular weight excluding hydrogens is 435 g/mol. The minimum absolute atomic E-state index is 0.137. The second kappa shape index (κ2) is 9.28. The largest absolute Gasteiger partial charge is 0.351 e. The standard InChI is InChI=1S/C23H24Cl2N4O2/c1-14(30)26-18-12-7-13-19-20(18)22(25)28-29(19)21(16-10-5-6-11-17(16)24)23(31)27-15-8-3-2-4-9-15/h5-7,10-13,15,21H,2-4,8-9H2,1H3,(H,26,30)(H,27,31). The SMILES string of the molecule is CC(=O)Nc1cccc2c1c(Cl)nn2C(C(=O)NC1CCCCC1)c1ccccc1Cl. The number of aromatic nitrogens is 2. The minimum Gasteiger partial charge on any atom is -0.351 e. The van der Waals surface area contributed by atoms with Gasteiger partial charge in [0.1, 0.15) is 0 Å². The van der Waals surface area contributed by atoms with Gasteiger partial charge in [-0.3, -0.25) is 9.59 Å². The van der Waals surface area contributed by atoms with Crippen molar-refractivity contribution in [3.05, 3.63) is 58.2 Å². The fraction of sp³-hybridized carbons (Fsp3) is 0.348. The molecule has 0 aliphatic heterocycles. The molecule has 1 fully saturated rings. The minimum atomic E-state index is -0.793. The van der Waals surface area contributed by atoms with E-state index in [0.717, 1.165) is 25.7 Å². The van der Waals surface area contributed by atoms with E-state index in [4.69, 9.17) is 23.2 Å². The lowest BCUT2D eigenvalue weighted by Crippen LogP contribution is -2.41. The Morgan fingerprint density at radius 2 is 1.81 bits per heavy atom. The number of hydrogen-bond acceptors (Lipinski definition) is 3. The summed E-state index contributed by atoms with van der Waals surface area (Å²) in [6, 6.07) is 12.0. The average Bonchev–Trinajstić information content (AvgIpc) is 3.07. The van der Waals surface area contributed by atoms with Crippen molar-refractivity contribution in [2.45, 2.75) is 51.1 Å². The van der Waals surface area contributed by atoms with Crippen molar-refractivity contribution in [2.24, 2.45) is 0 Å². The number of carbonyl (C=O) groups excluding carboxylic acids is 2. The summed E-state index contributed by atoms with van der Waals surface area (Å²) >= 11 is 13.0. The third-order valence-electron chi connectivity index (χ3n) is 5.65. The molecule has 1 saturated carbocycles. The van der Waals surface area contributed by atoms with Gasteiger partial charge in [0.15, 0.2) is 11.2 Å². The van der Waals surface area contributed by atoms with Crippen molar-refractivity contribution in [2.75, 3.05) is 5.32 Å². The van der Waals surface area contributed by atoms with Gasteiger partial charge in [0, 0.05) is 23.6 Å². The Hall–Kier alpha value is -2.57. The van der Waals surface area contributed by atoms with Gasteiger partial charge in [-0.1, -0.05) is 66.7 Å². The van der Waals surface area contributed by atoms with Crippen LogP contribution in [0.15, 0.2) is 42.5 Å². The molecule has 6 nitrogen and oxygen atoms in total. The van der Waals surface area contributed by atoms with E-state index in [2.05, 4.69) is 15.7 Å². The van der Waals surface area contributed by atoms with Gasteiger partial charge in [-0.2, -0.15) is 5.10 Å². The smallest absolute Gasteiger partial charge is 0.249 e. The van der Waals surface area contributed by atoms with Gasteiger partial charge in [-0.05, 0) is 31.0 Å². The normalized spacial score (nSPS) is 15.6. The van der Waals surface area contributed by atoms with Gasteiger partial charge in [-0.15, -0.1) is 0 Å². The van der Waals surface area contributed by atoms with E-state index in [1.165, 1.54) is 13.3 Å². The summed E-state index contributed by atoms with van der Waals surface area (Å²) in [7, 11) is 0. The fourth-order valence-electron chi connectivity index (χ4n) is 4.24. The van der Waals surface area contributed by atoms with Crippen LogP contribution in [0.25, 0.3) is 10.9 Å². The monoisotopic (exact) mass is 458 g/mol. The Morgan fingerprint density at radius 1 is 1.06 bits per heavy atom. The highest BCUT2D eigenvalue weighted by Crippen LogP contribution is 2.35.